The summed E-state index contributed by atoms with van der Waals surface area (Å²) in [6.45, 7) is 7.65. The number of hydrogen-bond donors (Lipinski definition) is 1. The van der Waals surface area contributed by atoms with E-state index in [-0.39, 0.29) is 29.4 Å². The van der Waals surface area contributed by atoms with Gasteiger partial charge in [-0.25, -0.2) is 14.4 Å². The monoisotopic (exact) mass is 574 g/mol. The molecule has 0 saturated heterocycles. The lowest BCUT2D eigenvalue weighted by Crippen LogP contribution is -2.75. The van der Waals surface area contributed by atoms with Gasteiger partial charge in [0.05, 0.1) is 11.1 Å². The van der Waals surface area contributed by atoms with Crippen molar-refractivity contribution in [1.29, 1.82) is 0 Å². The number of cyclic esters (lactones) is 1. The van der Waals surface area contributed by atoms with Gasteiger partial charge in [0.1, 0.15) is 18.3 Å². The lowest BCUT2D eigenvalue weighted by Gasteiger charge is -2.66. The summed E-state index contributed by atoms with van der Waals surface area (Å²) < 4.78 is 23.9. The van der Waals surface area contributed by atoms with E-state index < -0.39 is 52.7 Å². The van der Waals surface area contributed by atoms with Crippen LogP contribution in [0.1, 0.15) is 67.7 Å². The molecule has 1 N–H and O–H groups in total. The fraction of sp³-hybridized carbons (Fsp3) is 0.469. The first-order chi connectivity index (χ1) is 20.0. The zero-order valence-corrected chi connectivity index (χ0v) is 24.0. The van der Waals surface area contributed by atoms with Crippen LogP contribution < -0.4 is 0 Å². The Morgan fingerprint density at radius 3 is 2.19 bits per heavy atom. The molecule has 1 saturated carbocycles. The minimum Gasteiger partial charge on any atom is -0.482 e. The van der Waals surface area contributed by atoms with Gasteiger partial charge in [-0.15, -0.1) is 0 Å². The molecule has 0 amide bonds. The highest BCUT2D eigenvalue weighted by atomic mass is 16.6. The summed E-state index contributed by atoms with van der Waals surface area (Å²) >= 11 is 0. The number of hydrogen-bond acceptors (Lipinski definition) is 10. The van der Waals surface area contributed by atoms with E-state index in [1.165, 1.54) is 12.4 Å². The van der Waals surface area contributed by atoms with Crippen LogP contribution >= 0.6 is 0 Å². The Morgan fingerprint density at radius 2 is 1.62 bits per heavy atom. The van der Waals surface area contributed by atoms with Crippen LogP contribution in [0.25, 0.3) is 0 Å². The smallest absolute Gasteiger partial charge is 0.374 e. The van der Waals surface area contributed by atoms with Gasteiger partial charge in [0.25, 0.3) is 0 Å². The molecular formula is C32H34N2O8. The molecule has 2 aliphatic carbocycles. The van der Waals surface area contributed by atoms with Gasteiger partial charge in [-0.1, -0.05) is 25.5 Å². The first-order valence-electron chi connectivity index (χ1n) is 14.2. The molecule has 10 nitrogen and oxygen atoms in total. The molecule has 2 aliphatic heterocycles. The van der Waals surface area contributed by atoms with Crippen LogP contribution in [0.4, 0.5) is 0 Å². The van der Waals surface area contributed by atoms with Crippen molar-refractivity contribution >= 4 is 17.9 Å². The summed E-state index contributed by atoms with van der Waals surface area (Å²) in [6.07, 6.45) is 6.77. The van der Waals surface area contributed by atoms with Gasteiger partial charge >= 0.3 is 17.9 Å². The molecule has 0 radical (unpaired) electrons. The first kappa shape index (κ1) is 28.1. The van der Waals surface area contributed by atoms with Gasteiger partial charge in [0, 0.05) is 47.6 Å². The molecule has 1 fully saturated rings. The molecule has 0 spiro atoms. The zero-order valence-electron chi connectivity index (χ0n) is 24.0. The van der Waals surface area contributed by atoms with E-state index in [1.807, 2.05) is 20.8 Å². The Kier molecular flexibility index (Phi) is 6.72. The van der Waals surface area contributed by atoms with E-state index in [0.29, 0.717) is 12.8 Å². The maximum Gasteiger partial charge on any atom is 0.374 e. The number of pyridine rings is 2. The lowest BCUT2D eigenvalue weighted by atomic mass is 9.43. The average molecular weight is 575 g/mol. The number of carbonyl (C=O) groups is 3. The highest BCUT2D eigenvalue weighted by molar-refractivity contribution is 5.91. The Bertz CT molecular complexity index is 1490. The van der Waals surface area contributed by atoms with E-state index in [0.717, 1.165) is 17.6 Å². The van der Waals surface area contributed by atoms with Gasteiger partial charge in [-0.05, 0) is 56.9 Å². The number of aliphatic hydroxyl groups is 1. The van der Waals surface area contributed by atoms with E-state index in [1.54, 1.807) is 43.6 Å². The third-order valence-corrected chi connectivity index (χ3v) is 10.2. The van der Waals surface area contributed by atoms with Crippen molar-refractivity contribution in [3.8, 4) is 0 Å². The van der Waals surface area contributed by atoms with Crippen LogP contribution in [-0.4, -0.2) is 63.5 Å². The van der Waals surface area contributed by atoms with Crippen LogP contribution in [0.15, 0.2) is 72.0 Å². The number of allylic oxidation sites excluding steroid dienone is 1. The lowest BCUT2D eigenvalue weighted by molar-refractivity contribution is -0.288. The molecule has 10 heteroatoms. The number of rotatable bonds is 5. The molecule has 0 bridgehead atoms. The van der Waals surface area contributed by atoms with Crippen molar-refractivity contribution in [2.24, 2.45) is 16.7 Å². The number of fused-ring (bicyclic) bond motifs is 1. The quantitative estimate of drug-likeness (QED) is 0.318. The van der Waals surface area contributed by atoms with Gasteiger partial charge in [0.15, 0.2) is 12.2 Å². The second-order valence-electron chi connectivity index (χ2n) is 12.2. The first-order valence-corrected chi connectivity index (χ1v) is 14.2. The molecule has 0 aromatic carbocycles. The molecule has 4 heterocycles. The van der Waals surface area contributed by atoms with Crippen molar-refractivity contribution in [1.82, 2.24) is 9.97 Å². The maximum atomic E-state index is 13.5. The number of esters is 3. The second kappa shape index (κ2) is 10.0. The Hall–Kier alpha value is -4.05. The van der Waals surface area contributed by atoms with Gasteiger partial charge in [0.2, 0.25) is 5.76 Å². The SMILES string of the molecule is CC1=CCC[C@H]2[C@@]1(C)[C@@H](OC(=O)c1cccnc1)[C@H](OC(=O)c1cccnc1)[C@](C)(O)[C@]2(C)[C@H]1CC2=C(O1)C(=O)OC2. The summed E-state index contributed by atoms with van der Waals surface area (Å²) in [5.41, 5.74) is -1.58. The largest absolute Gasteiger partial charge is 0.482 e. The van der Waals surface area contributed by atoms with Crippen molar-refractivity contribution in [2.75, 3.05) is 6.61 Å². The summed E-state index contributed by atoms with van der Waals surface area (Å²) in [5, 5.41) is 12.7. The highest BCUT2D eigenvalue weighted by Gasteiger charge is 2.73. The molecule has 220 valence electrons. The molecule has 42 heavy (non-hydrogen) atoms. The third kappa shape index (κ3) is 4.06. The number of carbonyl (C=O) groups excluding carboxylic acids is 3. The fourth-order valence-corrected chi connectivity index (χ4v) is 7.57. The number of aromatic nitrogens is 2. The summed E-state index contributed by atoms with van der Waals surface area (Å²) in [4.78, 5) is 47.6. The number of ether oxygens (including phenoxy) is 4. The topological polar surface area (TPSA) is 134 Å². The number of nitrogens with zero attached hydrogens (tertiary/aromatic N) is 2. The van der Waals surface area contributed by atoms with Crippen molar-refractivity contribution < 1.29 is 38.4 Å². The van der Waals surface area contributed by atoms with Crippen LogP contribution in [0.2, 0.25) is 0 Å². The minimum absolute atomic E-state index is 0.147. The molecular weight excluding hydrogens is 540 g/mol. The molecule has 2 aromatic rings. The van der Waals surface area contributed by atoms with E-state index in [2.05, 4.69) is 16.0 Å². The van der Waals surface area contributed by atoms with Crippen LogP contribution in [0.5, 0.6) is 0 Å². The Labute approximate surface area is 243 Å². The molecule has 4 aliphatic rings. The second-order valence-corrected chi connectivity index (χ2v) is 12.2. The summed E-state index contributed by atoms with van der Waals surface area (Å²) in [6, 6.07) is 6.41. The Morgan fingerprint density at radius 1 is 1.00 bits per heavy atom. The van der Waals surface area contributed by atoms with E-state index in [9.17, 15) is 19.5 Å². The van der Waals surface area contributed by atoms with Crippen molar-refractivity contribution in [3.05, 3.63) is 83.2 Å². The van der Waals surface area contributed by atoms with E-state index in [4.69, 9.17) is 18.9 Å². The summed E-state index contributed by atoms with van der Waals surface area (Å²) in [7, 11) is 0. The minimum atomic E-state index is -1.78. The van der Waals surface area contributed by atoms with Crippen LogP contribution in [0, 0.1) is 16.7 Å². The highest BCUT2D eigenvalue weighted by Crippen LogP contribution is 2.66. The van der Waals surface area contributed by atoms with Gasteiger partial charge in [-0.2, -0.15) is 0 Å². The average Bonchev–Trinajstić information content (AvgIpc) is 3.58. The van der Waals surface area contributed by atoms with Gasteiger partial charge in [-0.3, -0.25) is 9.97 Å². The van der Waals surface area contributed by atoms with Crippen LogP contribution in [-0.2, 0) is 23.7 Å². The Balaban J connectivity index is 1.48. The van der Waals surface area contributed by atoms with Crippen molar-refractivity contribution in [3.63, 3.8) is 0 Å². The molecule has 2 aromatic heterocycles. The summed E-state index contributed by atoms with van der Waals surface area (Å²) in [5.74, 6) is -1.97. The van der Waals surface area contributed by atoms with E-state index >= 15 is 0 Å². The molecule has 7 atom stereocenters. The fourth-order valence-electron chi connectivity index (χ4n) is 7.57. The normalized spacial score (nSPS) is 35.4. The predicted molar refractivity (Wildman–Crippen MR) is 148 cm³/mol. The zero-order chi connectivity index (χ0) is 29.9. The van der Waals surface area contributed by atoms with Gasteiger partial charge < -0.3 is 24.1 Å². The predicted octanol–water partition coefficient (Wildman–Crippen LogP) is 3.96. The third-order valence-electron chi connectivity index (χ3n) is 10.2. The van der Waals surface area contributed by atoms with Crippen LogP contribution in [0.3, 0.4) is 0 Å². The molecule has 6 rings (SSSR count). The molecule has 0 unspecified atom stereocenters. The van der Waals surface area contributed by atoms with Crippen molar-refractivity contribution in [2.45, 2.75) is 70.9 Å². The maximum absolute atomic E-state index is 13.5. The standard InChI is InChI=1S/C32H34N2O8/c1-18-8-5-11-22-30(18,2)25(41-27(35)19-9-6-12-33-15-19)26(42-28(36)20-10-7-13-34-16-20)32(4,38)31(22,3)23-14-21-17-39-29(37)24(21)40-23/h6-10,12-13,15-16,22-23,25-26,38H,5,11,14,17H2,1-4H3/t22-,23+,25-,26-,30-,31-,32-/m0/s1.